The van der Waals surface area contributed by atoms with Gasteiger partial charge in [0.15, 0.2) is 0 Å². The van der Waals surface area contributed by atoms with Gasteiger partial charge in [0.1, 0.15) is 6.07 Å². The first-order valence-corrected chi connectivity index (χ1v) is 5.63. The normalized spacial score (nSPS) is 10.6. The molecule has 3 aromatic rings. The highest BCUT2D eigenvalue weighted by atomic mass is 14.3. The molecule has 0 saturated heterocycles. The summed E-state index contributed by atoms with van der Waals surface area (Å²) in [5.41, 5.74) is 1.86. The number of nitriles is 1. The Kier molecular flexibility index (Phi) is 2.09. The molecule has 3 aromatic carbocycles. The van der Waals surface area contributed by atoms with E-state index in [1.54, 1.807) is 0 Å². The van der Waals surface area contributed by atoms with Gasteiger partial charge >= 0.3 is 0 Å². The van der Waals surface area contributed by atoms with Crippen molar-refractivity contribution in [3.8, 4) is 6.07 Å². The molecule has 80 valence electrons. The Morgan fingerprint density at radius 3 is 1.82 bits per heavy atom. The van der Waals surface area contributed by atoms with Crippen LogP contribution in [-0.2, 0) is 0 Å². The van der Waals surface area contributed by atoms with Crippen LogP contribution in [0, 0.1) is 18.3 Å². The van der Waals surface area contributed by atoms with Gasteiger partial charge in [-0.2, -0.15) is 5.26 Å². The minimum Gasteiger partial charge on any atom is -0.192 e. The lowest BCUT2D eigenvalue weighted by molar-refractivity contribution is 1.45. The van der Waals surface area contributed by atoms with Crippen LogP contribution in [0.5, 0.6) is 0 Å². The minimum absolute atomic E-state index is 0.791. The number of nitrogens with zero attached hydrogens (tertiary/aromatic N) is 1. The highest BCUT2D eigenvalue weighted by Gasteiger charge is 2.09. The third-order valence-electron chi connectivity index (χ3n) is 3.30. The number of fused-ring (bicyclic) bond motifs is 3. The molecular weight excluding hydrogens is 206 g/mol. The summed E-state index contributed by atoms with van der Waals surface area (Å²) in [6, 6.07) is 18.7. The number of hydrogen-bond acceptors (Lipinski definition) is 1. The molecule has 0 unspecified atom stereocenters. The summed E-state index contributed by atoms with van der Waals surface area (Å²) in [6.07, 6.45) is 0. The number of hydrogen-bond donors (Lipinski definition) is 0. The second kappa shape index (κ2) is 3.61. The van der Waals surface area contributed by atoms with Crippen LogP contribution in [0.25, 0.3) is 21.5 Å². The van der Waals surface area contributed by atoms with Crippen molar-refractivity contribution in [3.63, 3.8) is 0 Å². The van der Waals surface area contributed by atoms with Crippen LogP contribution in [0.15, 0.2) is 48.5 Å². The lowest BCUT2D eigenvalue weighted by Gasteiger charge is -2.09. The van der Waals surface area contributed by atoms with Gasteiger partial charge in [-0.15, -0.1) is 0 Å². The maximum absolute atomic E-state index is 9.33. The quantitative estimate of drug-likeness (QED) is 0.518. The molecule has 0 amide bonds. The third kappa shape index (κ3) is 1.31. The predicted molar refractivity (Wildman–Crippen MR) is 70.9 cm³/mol. The van der Waals surface area contributed by atoms with Crippen molar-refractivity contribution in [2.75, 3.05) is 0 Å². The maximum Gasteiger partial charge on any atom is 0.100 e. The van der Waals surface area contributed by atoms with Crippen LogP contribution < -0.4 is 0 Å². The van der Waals surface area contributed by atoms with E-state index in [0.717, 1.165) is 21.9 Å². The van der Waals surface area contributed by atoms with Crippen LogP contribution in [0.4, 0.5) is 0 Å². The Labute approximate surface area is 99.9 Å². The topological polar surface area (TPSA) is 23.8 Å². The van der Waals surface area contributed by atoms with Crippen molar-refractivity contribution < 1.29 is 0 Å². The minimum atomic E-state index is 0.791. The molecule has 0 radical (unpaired) electrons. The Balaban J connectivity index is 2.70. The van der Waals surface area contributed by atoms with E-state index < -0.39 is 0 Å². The van der Waals surface area contributed by atoms with Crippen molar-refractivity contribution in [2.45, 2.75) is 6.92 Å². The van der Waals surface area contributed by atoms with E-state index in [0.29, 0.717) is 0 Å². The predicted octanol–water partition coefficient (Wildman–Crippen LogP) is 4.17. The molecule has 0 aliphatic carbocycles. The lowest BCUT2D eigenvalue weighted by atomic mass is 9.93. The van der Waals surface area contributed by atoms with Gasteiger partial charge in [-0.3, -0.25) is 0 Å². The second-order valence-corrected chi connectivity index (χ2v) is 4.20. The molecule has 0 aliphatic heterocycles. The second-order valence-electron chi connectivity index (χ2n) is 4.20. The van der Waals surface area contributed by atoms with E-state index in [1.807, 2.05) is 37.3 Å². The number of benzene rings is 3. The zero-order chi connectivity index (χ0) is 11.8. The van der Waals surface area contributed by atoms with E-state index in [9.17, 15) is 5.26 Å². The van der Waals surface area contributed by atoms with E-state index >= 15 is 0 Å². The average molecular weight is 217 g/mol. The molecule has 0 fully saturated rings. The molecule has 0 N–H and O–H groups in total. The molecule has 0 saturated carbocycles. The van der Waals surface area contributed by atoms with Crippen LogP contribution in [-0.4, -0.2) is 0 Å². The zero-order valence-corrected chi connectivity index (χ0v) is 9.57. The van der Waals surface area contributed by atoms with Crippen LogP contribution >= 0.6 is 0 Å². The molecule has 0 spiro atoms. The van der Waals surface area contributed by atoms with Crippen LogP contribution in [0.3, 0.4) is 0 Å². The van der Waals surface area contributed by atoms with Crippen molar-refractivity contribution >= 4 is 21.5 Å². The molecule has 0 atom stereocenters. The summed E-state index contributed by atoms with van der Waals surface area (Å²) in [4.78, 5) is 0. The largest absolute Gasteiger partial charge is 0.192 e. The SMILES string of the molecule is Cc1c(C#N)c2ccccc2c2ccccc12. The fourth-order valence-electron chi connectivity index (χ4n) is 2.46. The van der Waals surface area contributed by atoms with Gasteiger partial charge < -0.3 is 0 Å². The monoisotopic (exact) mass is 217 g/mol. The molecule has 0 aliphatic rings. The standard InChI is InChI=1S/C16H11N/c1-11-12-6-2-3-7-13(12)14-8-4-5-9-15(14)16(11)10-17/h2-9H,1H3. The fourth-order valence-corrected chi connectivity index (χ4v) is 2.46. The van der Waals surface area contributed by atoms with Gasteiger partial charge in [-0.25, -0.2) is 0 Å². The van der Waals surface area contributed by atoms with Gasteiger partial charge in [-0.05, 0) is 28.6 Å². The third-order valence-corrected chi connectivity index (χ3v) is 3.30. The van der Waals surface area contributed by atoms with Gasteiger partial charge in [0.2, 0.25) is 0 Å². The van der Waals surface area contributed by atoms with Gasteiger partial charge in [-0.1, -0.05) is 48.5 Å². The highest BCUT2D eigenvalue weighted by Crippen LogP contribution is 2.31. The van der Waals surface area contributed by atoms with E-state index in [4.69, 9.17) is 0 Å². The Morgan fingerprint density at radius 2 is 1.24 bits per heavy atom. The molecule has 3 rings (SSSR count). The Morgan fingerprint density at radius 1 is 0.765 bits per heavy atom. The van der Waals surface area contributed by atoms with E-state index in [2.05, 4.69) is 24.3 Å². The average Bonchev–Trinajstić information content (AvgIpc) is 2.40. The van der Waals surface area contributed by atoms with Crippen molar-refractivity contribution in [3.05, 3.63) is 59.7 Å². The van der Waals surface area contributed by atoms with Crippen LogP contribution in [0.1, 0.15) is 11.1 Å². The first-order chi connectivity index (χ1) is 8.33. The number of aryl methyl sites for hydroxylation is 1. The molecule has 0 heterocycles. The molecule has 0 bridgehead atoms. The summed E-state index contributed by atoms with van der Waals surface area (Å²) in [5, 5.41) is 13.9. The Hall–Kier alpha value is -2.33. The summed E-state index contributed by atoms with van der Waals surface area (Å²) in [5.74, 6) is 0. The van der Waals surface area contributed by atoms with E-state index in [1.165, 1.54) is 10.8 Å². The summed E-state index contributed by atoms with van der Waals surface area (Å²) in [7, 11) is 0. The maximum atomic E-state index is 9.33. The van der Waals surface area contributed by atoms with Gasteiger partial charge in [0.25, 0.3) is 0 Å². The smallest absolute Gasteiger partial charge is 0.100 e. The van der Waals surface area contributed by atoms with E-state index in [-0.39, 0.29) is 0 Å². The van der Waals surface area contributed by atoms with Crippen molar-refractivity contribution in [1.82, 2.24) is 0 Å². The molecule has 0 aromatic heterocycles. The highest BCUT2D eigenvalue weighted by molar-refractivity contribution is 6.11. The Bertz CT molecular complexity index is 763. The molecule has 17 heavy (non-hydrogen) atoms. The zero-order valence-electron chi connectivity index (χ0n) is 9.57. The first-order valence-electron chi connectivity index (χ1n) is 5.63. The summed E-state index contributed by atoms with van der Waals surface area (Å²) < 4.78 is 0. The first kappa shape index (κ1) is 9.86. The number of rotatable bonds is 0. The fraction of sp³-hybridized carbons (Fsp3) is 0.0625. The van der Waals surface area contributed by atoms with Gasteiger partial charge in [0.05, 0.1) is 5.56 Å². The van der Waals surface area contributed by atoms with Crippen LogP contribution in [0.2, 0.25) is 0 Å². The van der Waals surface area contributed by atoms with Gasteiger partial charge in [0, 0.05) is 5.39 Å². The van der Waals surface area contributed by atoms with Crippen molar-refractivity contribution in [1.29, 1.82) is 5.26 Å². The lowest BCUT2D eigenvalue weighted by Crippen LogP contribution is -1.88. The molecular formula is C16H11N. The van der Waals surface area contributed by atoms with Crippen molar-refractivity contribution in [2.24, 2.45) is 0 Å². The molecule has 1 nitrogen and oxygen atoms in total. The molecule has 1 heteroatoms. The summed E-state index contributed by atoms with van der Waals surface area (Å²) in [6.45, 7) is 2.02. The summed E-state index contributed by atoms with van der Waals surface area (Å²) >= 11 is 0.